The van der Waals surface area contributed by atoms with E-state index in [1.807, 2.05) is 41.3 Å². The van der Waals surface area contributed by atoms with Crippen LogP contribution in [0.2, 0.25) is 0 Å². The molecule has 136 valence electrons. The standard InChI is InChI=1S/C21H23NO4/c23-21(12-17-8-9-19-20(11-17)26-15-25-19)22(14-18-7-4-10-24-18)13-16-5-2-1-3-6-16/h1-3,5-6,8-9,11,18H,4,7,10,12-15H2. The van der Waals surface area contributed by atoms with Crippen LogP contribution in [0.15, 0.2) is 48.5 Å². The van der Waals surface area contributed by atoms with Crippen molar-refractivity contribution in [2.45, 2.75) is 31.9 Å². The van der Waals surface area contributed by atoms with Crippen molar-refractivity contribution in [2.24, 2.45) is 0 Å². The number of benzene rings is 2. The predicted octanol–water partition coefficient (Wildman–Crippen LogP) is 3.17. The van der Waals surface area contributed by atoms with Crippen LogP contribution in [0.3, 0.4) is 0 Å². The van der Waals surface area contributed by atoms with E-state index in [0.29, 0.717) is 25.3 Å². The molecule has 0 radical (unpaired) electrons. The third kappa shape index (κ3) is 3.99. The summed E-state index contributed by atoms with van der Waals surface area (Å²) in [5.41, 5.74) is 2.06. The van der Waals surface area contributed by atoms with E-state index >= 15 is 0 Å². The van der Waals surface area contributed by atoms with E-state index < -0.39 is 0 Å². The number of amides is 1. The lowest BCUT2D eigenvalue weighted by atomic mass is 10.1. The van der Waals surface area contributed by atoms with Gasteiger partial charge >= 0.3 is 0 Å². The van der Waals surface area contributed by atoms with Crippen molar-refractivity contribution in [1.29, 1.82) is 0 Å². The van der Waals surface area contributed by atoms with Crippen LogP contribution in [-0.2, 0) is 22.5 Å². The van der Waals surface area contributed by atoms with Gasteiger partial charge in [0.05, 0.1) is 12.5 Å². The Morgan fingerprint density at radius 1 is 1.04 bits per heavy atom. The Labute approximate surface area is 153 Å². The average molecular weight is 353 g/mol. The molecule has 2 aromatic carbocycles. The zero-order valence-electron chi connectivity index (χ0n) is 14.7. The van der Waals surface area contributed by atoms with Crippen molar-refractivity contribution in [1.82, 2.24) is 4.90 Å². The number of fused-ring (bicyclic) bond motifs is 1. The predicted molar refractivity (Wildman–Crippen MR) is 97.1 cm³/mol. The number of carbonyl (C=O) groups is 1. The van der Waals surface area contributed by atoms with Crippen molar-refractivity contribution in [3.05, 3.63) is 59.7 Å². The lowest BCUT2D eigenvalue weighted by molar-refractivity contribution is -0.132. The van der Waals surface area contributed by atoms with Crippen molar-refractivity contribution in [3.8, 4) is 11.5 Å². The molecule has 1 unspecified atom stereocenters. The summed E-state index contributed by atoms with van der Waals surface area (Å²) in [6.45, 7) is 2.27. The first kappa shape index (κ1) is 16.9. The topological polar surface area (TPSA) is 48.0 Å². The molecule has 1 saturated heterocycles. The molecule has 4 rings (SSSR count). The van der Waals surface area contributed by atoms with Gasteiger partial charge in [-0.05, 0) is 36.1 Å². The molecule has 5 heteroatoms. The highest BCUT2D eigenvalue weighted by molar-refractivity contribution is 5.79. The van der Waals surface area contributed by atoms with Crippen LogP contribution in [-0.4, -0.2) is 36.9 Å². The summed E-state index contributed by atoms with van der Waals surface area (Å²) in [7, 11) is 0. The average Bonchev–Trinajstić information content (AvgIpc) is 3.33. The van der Waals surface area contributed by atoms with Crippen molar-refractivity contribution >= 4 is 5.91 Å². The smallest absolute Gasteiger partial charge is 0.231 e. The Hall–Kier alpha value is -2.53. The lowest BCUT2D eigenvalue weighted by Gasteiger charge is -2.26. The van der Waals surface area contributed by atoms with Gasteiger partial charge in [0.2, 0.25) is 12.7 Å². The molecule has 0 aromatic heterocycles. The Morgan fingerprint density at radius 2 is 1.88 bits per heavy atom. The van der Waals surface area contributed by atoms with Gasteiger partial charge in [-0.1, -0.05) is 36.4 Å². The molecule has 0 saturated carbocycles. The first-order valence-electron chi connectivity index (χ1n) is 9.10. The van der Waals surface area contributed by atoms with E-state index in [0.717, 1.165) is 36.3 Å². The minimum absolute atomic E-state index is 0.100. The maximum Gasteiger partial charge on any atom is 0.231 e. The summed E-state index contributed by atoms with van der Waals surface area (Å²) < 4.78 is 16.5. The molecule has 2 heterocycles. The molecule has 1 fully saturated rings. The highest BCUT2D eigenvalue weighted by Crippen LogP contribution is 2.32. The van der Waals surface area contributed by atoms with Gasteiger partial charge in [-0.25, -0.2) is 0 Å². The molecule has 0 aliphatic carbocycles. The van der Waals surface area contributed by atoms with Crippen LogP contribution in [0.4, 0.5) is 0 Å². The number of rotatable bonds is 6. The molecular formula is C21H23NO4. The van der Waals surface area contributed by atoms with Gasteiger partial charge in [-0.3, -0.25) is 4.79 Å². The summed E-state index contributed by atoms with van der Waals surface area (Å²) in [6.07, 6.45) is 2.57. The molecule has 0 bridgehead atoms. The van der Waals surface area contributed by atoms with Crippen molar-refractivity contribution in [3.63, 3.8) is 0 Å². The number of carbonyl (C=O) groups excluding carboxylic acids is 1. The minimum atomic E-state index is 0.100. The number of hydrogen-bond acceptors (Lipinski definition) is 4. The summed E-state index contributed by atoms with van der Waals surface area (Å²) in [5.74, 6) is 1.55. The van der Waals surface area contributed by atoms with Gasteiger partial charge in [0.1, 0.15) is 0 Å². The van der Waals surface area contributed by atoms with Crippen molar-refractivity contribution in [2.75, 3.05) is 19.9 Å². The zero-order valence-corrected chi connectivity index (χ0v) is 14.7. The van der Waals surface area contributed by atoms with Crippen LogP contribution in [0, 0.1) is 0 Å². The van der Waals surface area contributed by atoms with Gasteiger partial charge in [-0.2, -0.15) is 0 Å². The molecule has 1 atom stereocenters. The third-order valence-electron chi connectivity index (χ3n) is 4.81. The summed E-state index contributed by atoms with van der Waals surface area (Å²) in [6, 6.07) is 15.8. The van der Waals surface area contributed by atoms with E-state index in [1.165, 1.54) is 0 Å². The molecular weight excluding hydrogens is 330 g/mol. The fourth-order valence-electron chi connectivity index (χ4n) is 3.43. The lowest BCUT2D eigenvalue weighted by Crippen LogP contribution is -2.37. The Kier molecular flexibility index (Phi) is 5.07. The quantitative estimate of drug-likeness (QED) is 0.800. The third-order valence-corrected chi connectivity index (χ3v) is 4.81. The fourth-order valence-corrected chi connectivity index (χ4v) is 3.43. The number of ether oxygens (including phenoxy) is 3. The van der Waals surface area contributed by atoms with Gasteiger partial charge in [0.15, 0.2) is 11.5 Å². The Balaban J connectivity index is 1.47. The van der Waals surface area contributed by atoms with E-state index in [1.54, 1.807) is 0 Å². The molecule has 2 aliphatic rings. The van der Waals surface area contributed by atoms with Crippen LogP contribution in [0.5, 0.6) is 11.5 Å². The highest BCUT2D eigenvalue weighted by atomic mass is 16.7. The van der Waals surface area contributed by atoms with Crippen LogP contribution < -0.4 is 9.47 Å². The maximum absolute atomic E-state index is 13.0. The van der Waals surface area contributed by atoms with E-state index in [-0.39, 0.29) is 18.8 Å². The minimum Gasteiger partial charge on any atom is -0.454 e. The SMILES string of the molecule is O=C(Cc1ccc2c(c1)OCO2)N(Cc1ccccc1)CC1CCCO1. The fraction of sp³-hybridized carbons (Fsp3) is 0.381. The number of hydrogen-bond donors (Lipinski definition) is 0. The van der Waals surface area contributed by atoms with E-state index in [2.05, 4.69) is 12.1 Å². The van der Waals surface area contributed by atoms with Crippen LogP contribution in [0.25, 0.3) is 0 Å². The molecule has 1 amide bonds. The highest BCUT2D eigenvalue weighted by Gasteiger charge is 2.23. The largest absolute Gasteiger partial charge is 0.454 e. The monoisotopic (exact) mass is 353 g/mol. The second-order valence-electron chi connectivity index (χ2n) is 6.76. The Morgan fingerprint density at radius 3 is 2.69 bits per heavy atom. The van der Waals surface area contributed by atoms with Gasteiger partial charge in [0.25, 0.3) is 0 Å². The van der Waals surface area contributed by atoms with Crippen LogP contribution in [0.1, 0.15) is 24.0 Å². The molecule has 0 spiro atoms. The van der Waals surface area contributed by atoms with Gasteiger partial charge in [-0.15, -0.1) is 0 Å². The maximum atomic E-state index is 13.0. The summed E-state index contributed by atoms with van der Waals surface area (Å²) in [5, 5.41) is 0. The summed E-state index contributed by atoms with van der Waals surface area (Å²) in [4.78, 5) is 14.9. The first-order valence-corrected chi connectivity index (χ1v) is 9.10. The van der Waals surface area contributed by atoms with E-state index in [9.17, 15) is 4.79 Å². The molecule has 26 heavy (non-hydrogen) atoms. The molecule has 5 nitrogen and oxygen atoms in total. The van der Waals surface area contributed by atoms with Crippen molar-refractivity contribution < 1.29 is 19.0 Å². The second kappa shape index (κ2) is 7.79. The van der Waals surface area contributed by atoms with Crippen LogP contribution >= 0.6 is 0 Å². The molecule has 2 aliphatic heterocycles. The molecule has 0 N–H and O–H groups in total. The second-order valence-corrected chi connectivity index (χ2v) is 6.76. The van der Waals surface area contributed by atoms with Gasteiger partial charge in [0, 0.05) is 19.7 Å². The van der Waals surface area contributed by atoms with Gasteiger partial charge < -0.3 is 19.1 Å². The zero-order chi connectivity index (χ0) is 17.8. The normalized spacial score (nSPS) is 18.1. The summed E-state index contributed by atoms with van der Waals surface area (Å²) >= 11 is 0. The molecule has 2 aromatic rings. The number of nitrogens with zero attached hydrogens (tertiary/aromatic N) is 1. The van der Waals surface area contributed by atoms with E-state index in [4.69, 9.17) is 14.2 Å². The first-order chi connectivity index (χ1) is 12.8. The Bertz CT molecular complexity index is 756.